The van der Waals surface area contributed by atoms with Crippen molar-refractivity contribution >= 4 is 65.3 Å². The molecular formula is C37H51N11O6S. The molecule has 0 radical (unpaired) electrons. The number of hydrogen-bond donors (Lipinski definition) is 10. The average molecular weight is 779 g/mol. The molecule has 1 aliphatic rings. The fraction of sp³-hybridized carbons (Fsp3) is 0.432. The highest BCUT2D eigenvalue weighted by atomic mass is 32.1. The lowest BCUT2D eigenvalue weighted by Gasteiger charge is -2.28. The molecule has 1 saturated heterocycles. The van der Waals surface area contributed by atoms with Gasteiger partial charge in [0.25, 0.3) is 0 Å². The van der Waals surface area contributed by atoms with E-state index >= 15 is 0 Å². The predicted octanol–water partition coefficient (Wildman–Crippen LogP) is -1.08. The summed E-state index contributed by atoms with van der Waals surface area (Å²) >= 11 is 4.13. The minimum Gasteiger partial charge on any atom is -0.370 e. The van der Waals surface area contributed by atoms with E-state index in [1.165, 1.54) is 0 Å². The van der Waals surface area contributed by atoms with Crippen molar-refractivity contribution in [3.63, 3.8) is 0 Å². The molecule has 1 fully saturated rings. The normalized spacial score (nSPS) is 17.1. The summed E-state index contributed by atoms with van der Waals surface area (Å²) in [5, 5.41) is 13.2. The number of H-pyrrole nitrogens is 1. The molecule has 2 heterocycles. The Morgan fingerprint density at radius 3 is 2.20 bits per heavy atom. The van der Waals surface area contributed by atoms with E-state index in [0.717, 1.165) is 16.5 Å². The Morgan fingerprint density at radius 2 is 1.53 bits per heavy atom. The van der Waals surface area contributed by atoms with Crippen molar-refractivity contribution in [3.8, 4) is 0 Å². The molecule has 4 rings (SSSR count). The van der Waals surface area contributed by atoms with Gasteiger partial charge in [0.1, 0.15) is 31.8 Å². The zero-order valence-electron chi connectivity index (χ0n) is 31.6. The standard InChI is InChI=1S/C37H51N11O6S/c1-22(47-48-16-8-11-25(48)20-49)33(51)44-29(17-23-9-3-2-4-10-23)35(53)43-28(14-7-15-41-37(39)40)34(52)45-30(36(54)46-31(21-55)32(38)50)18-24-19-42-27-13-6-5-12-26(24)27/h2-6,9-10,12-13,19-20,22,25,28-31,42,47,55H,7-8,11,14-18,21H2,1H3,(H2,38,50)(H,43,53)(H,44,51)(H,45,52)(H,46,54)(H4,39,40,41)/t22-,25-,28-,29?,30?,31-/m0/s1/i20D. The Bertz CT molecular complexity index is 1880. The summed E-state index contributed by atoms with van der Waals surface area (Å²) < 4.78 is 7.56. The van der Waals surface area contributed by atoms with E-state index in [0.29, 0.717) is 24.9 Å². The third-order valence-corrected chi connectivity index (χ3v) is 9.58. The molecule has 296 valence electrons. The molecular weight excluding hydrogens is 727 g/mol. The van der Waals surface area contributed by atoms with Crippen LogP contribution in [-0.2, 0) is 41.6 Å². The summed E-state index contributed by atoms with van der Waals surface area (Å²) in [6.45, 7) is 2.18. The number of nitrogens with zero attached hydrogens (tertiary/aromatic N) is 2. The van der Waals surface area contributed by atoms with Gasteiger partial charge in [-0.25, -0.2) is 10.4 Å². The number of hydrogen-bond acceptors (Lipinski definition) is 10. The van der Waals surface area contributed by atoms with Gasteiger partial charge in [-0.1, -0.05) is 48.5 Å². The summed E-state index contributed by atoms with van der Waals surface area (Å²) in [5.74, 6) is -3.70. The van der Waals surface area contributed by atoms with Crippen LogP contribution < -0.4 is 43.9 Å². The Balaban J connectivity index is 1.58. The molecule has 17 nitrogen and oxygen atoms in total. The first kappa shape index (κ1) is 40.7. The summed E-state index contributed by atoms with van der Waals surface area (Å²) in [5.41, 5.74) is 21.7. The molecule has 1 aliphatic heterocycles. The SMILES string of the molecule is [2H]C(=O)[C@@H]1CCCN1N[C@@H](C)C(=O)NC(Cc1ccccc1)C(=O)N[C@@H](CCCN=C(N)N)C(=O)NC(Cc1c[nH]c2ccccc12)C(=O)N[C@@H](CS)C(N)=O. The Labute approximate surface area is 326 Å². The van der Waals surface area contributed by atoms with Crippen LogP contribution in [0.2, 0.25) is 0 Å². The number of benzene rings is 2. The van der Waals surface area contributed by atoms with Crippen molar-refractivity contribution in [2.75, 3.05) is 18.8 Å². The van der Waals surface area contributed by atoms with Crippen LogP contribution in [0.1, 0.15) is 45.1 Å². The van der Waals surface area contributed by atoms with E-state index in [9.17, 15) is 28.8 Å². The average Bonchev–Trinajstić information content (AvgIpc) is 3.81. The molecule has 0 saturated carbocycles. The van der Waals surface area contributed by atoms with Crippen molar-refractivity contribution < 1.29 is 30.1 Å². The van der Waals surface area contributed by atoms with Gasteiger partial charge in [0.15, 0.2) is 5.96 Å². The number of fused-ring (bicyclic) bond motifs is 1. The number of carbonyl (C=O) groups excluding carboxylic acids is 6. The maximum atomic E-state index is 14.1. The molecule has 2 aromatic carbocycles. The number of carbonyl (C=O) groups is 6. The molecule has 12 N–H and O–H groups in total. The van der Waals surface area contributed by atoms with Crippen LogP contribution in [-0.4, -0.2) is 107 Å². The van der Waals surface area contributed by atoms with Crippen LogP contribution in [0.5, 0.6) is 0 Å². The first-order valence-electron chi connectivity index (χ1n) is 18.6. The first-order valence-corrected chi connectivity index (χ1v) is 18.7. The third-order valence-electron chi connectivity index (χ3n) is 9.21. The molecule has 0 aliphatic carbocycles. The molecule has 55 heavy (non-hydrogen) atoms. The number of rotatable bonds is 21. The third kappa shape index (κ3) is 12.5. The lowest BCUT2D eigenvalue weighted by molar-refractivity contribution is -0.134. The minimum absolute atomic E-state index is 0.00950. The predicted molar refractivity (Wildman–Crippen MR) is 211 cm³/mol. The molecule has 6 atom stereocenters. The number of aliphatic imine (C=N–C) groups is 1. The van der Waals surface area contributed by atoms with Gasteiger partial charge in [0.05, 0.1) is 12.1 Å². The molecule has 3 aromatic rings. The van der Waals surface area contributed by atoms with Gasteiger partial charge in [-0.05, 0) is 49.8 Å². The van der Waals surface area contributed by atoms with E-state index in [4.69, 9.17) is 18.6 Å². The van der Waals surface area contributed by atoms with E-state index in [-0.39, 0.29) is 43.9 Å². The van der Waals surface area contributed by atoms with Crippen molar-refractivity contribution in [2.45, 2.75) is 81.7 Å². The zero-order chi connectivity index (χ0) is 40.8. The first-order chi connectivity index (χ1) is 26.8. The van der Waals surface area contributed by atoms with Crippen molar-refractivity contribution in [1.29, 1.82) is 0 Å². The number of aldehydes is 1. The molecule has 18 heteroatoms. The fourth-order valence-electron chi connectivity index (χ4n) is 6.23. The summed E-state index contributed by atoms with van der Waals surface area (Å²) in [6, 6.07) is 10.1. The Morgan fingerprint density at radius 1 is 0.909 bits per heavy atom. The topological polar surface area (TPSA) is 272 Å². The van der Waals surface area contributed by atoms with Gasteiger partial charge in [0, 0.05) is 48.8 Å². The number of hydrazine groups is 1. The lowest BCUT2D eigenvalue weighted by atomic mass is 10.0. The van der Waals surface area contributed by atoms with Gasteiger partial charge < -0.3 is 48.2 Å². The van der Waals surface area contributed by atoms with Gasteiger partial charge in [-0.3, -0.25) is 29.0 Å². The van der Waals surface area contributed by atoms with Gasteiger partial charge in [-0.2, -0.15) is 12.6 Å². The number of nitrogens with one attached hydrogen (secondary N) is 6. The lowest BCUT2D eigenvalue weighted by Crippen LogP contribution is -2.60. The van der Waals surface area contributed by atoms with E-state index in [1.807, 2.05) is 30.3 Å². The van der Waals surface area contributed by atoms with Gasteiger partial charge in [0.2, 0.25) is 29.5 Å². The number of aromatic nitrogens is 1. The smallest absolute Gasteiger partial charge is 0.243 e. The van der Waals surface area contributed by atoms with Crippen molar-refractivity contribution in [2.24, 2.45) is 22.2 Å². The number of nitrogens with two attached hydrogens (primary N) is 3. The van der Waals surface area contributed by atoms with Crippen LogP contribution in [0.4, 0.5) is 0 Å². The van der Waals surface area contributed by atoms with Crippen molar-refractivity contribution in [1.82, 2.24) is 36.7 Å². The summed E-state index contributed by atoms with van der Waals surface area (Å²) in [6.07, 6.45) is 2.48. The quantitative estimate of drug-likeness (QED) is 0.0205. The van der Waals surface area contributed by atoms with Crippen LogP contribution in [0.3, 0.4) is 0 Å². The van der Waals surface area contributed by atoms with E-state index < -0.39 is 72.0 Å². The molecule has 5 amide bonds. The number of para-hydroxylation sites is 1. The molecule has 0 bridgehead atoms. The van der Waals surface area contributed by atoms with Gasteiger partial charge in [-0.15, -0.1) is 0 Å². The highest BCUT2D eigenvalue weighted by Crippen LogP contribution is 2.20. The fourth-order valence-corrected chi connectivity index (χ4v) is 6.50. The minimum atomic E-state index is -1.23. The second kappa shape index (κ2) is 20.8. The Hall–Kier alpha value is -5.46. The van der Waals surface area contributed by atoms with E-state index in [1.54, 1.807) is 42.4 Å². The second-order valence-corrected chi connectivity index (χ2v) is 13.7. The highest BCUT2D eigenvalue weighted by molar-refractivity contribution is 7.80. The summed E-state index contributed by atoms with van der Waals surface area (Å²) in [4.78, 5) is 86.4. The van der Waals surface area contributed by atoms with E-state index in [2.05, 4.69) is 49.3 Å². The Kier molecular flexibility index (Phi) is 15.4. The molecule has 2 unspecified atom stereocenters. The number of primary amides is 1. The molecule has 0 spiro atoms. The maximum absolute atomic E-state index is 14.1. The number of thiol groups is 1. The molecule has 1 aromatic heterocycles. The van der Waals surface area contributed by atoms with Crippen LogP contribution in [0.25, 0.3) is 10.9 Å². The zero-order valence-corrected chi connectivity index (χ0v) is 31.5. The van der Waals surface area contributed by atoms with Crippen LogP contribution in [0.15, 0.2) is 65.8 Å². The van der Waals surface area contributed by atoms with Crippen LogP contribution >= 0.6 is 12.6 Å². The highest BCUT2D eigenvalue weighted by Gasteiger charge is 2.33. The largest absolute Gasteiger partial charge is 0.370 e. The van der Waals surface area contributed by atoms with Gasteiger partial charge >= 0.3 is 0 Å². The summed E-state index contributed by atoms with van der Waals surface area (Å²) in [7, 11) is 0. The maximum Gasteiger partial charge on any atom is 0.243 e. The monoisotopic (exact) mass is 778 g/mol. The second-order valence-electron chi connectivity index (χ2n) is 13.4. The number of aromatic amines is 1. The van der Waals surface area contributed by atoms with Crippen molar-refractivity contribution in [3.05, 3.63) is 71.9 Å². The van der Waals surface area contributed by atoms with Crippen LogP contribution in [0, 0.1) is 0 Å². The number of amides is 5. The number of guanidine groups is 1.